The minimum atomic E-state index is -1.45. The van der Waals surface area contributed by atoms with Crippen molar-refractivity contribution in [1.82, 2.24) is 9.55 Å². The van der Waals surface area contributed by atoms with Gasteiger partial charge in [-0.2, -0.15) is 0 Å². The number of rotatable bonds is 3. The van der Waals surface area contributed by atoms with Gasteiger partial charge in [0.2, 0.25) is 0 Å². The third-order valence-corrected chi connectivity index (χ3v) is 3.97. The van der Waals surface area contributed by atoms with Crippen LogP contribution in [0.25, 0.3) is 10.7 Å². The summed E-state index contributed by atoms with van der Waals surface area (Å²) in [6, 6.07) is 3.85. The first-order chi connectivity index (χ1) is 8.41. The molecule has 0 fully saturated rings. The van der Waals surface area contributed by atoms with E-state index in [0.29, 0.717) is 10.7 Å². The molecule has 2 rings (SSSR count). The number of hydrogen-bond acceptors (Lipinski definition) is 4. The van der Waals surface area contributed by atoms with Crippen molar-refractivity contribution in [1.29, 1.82) is 0 Å². The molecule has 2 aromatic heterocycles. The van der Waals surface area contributed by atoms with Crippen molar-refractivity contribution in [2.75, 3.05) is 0 Å². The molecular weight excluding hydrogens is 252 g/mol. The van der Waals surface area contributed by atoms with E-state index in [4.69, 9.17) is 5.11 Å². The van der Waals surface area contributed by atoms with E-state index in [0.717, 1.165) is 22.7 Å². The fraction of sp³-hybridized carbons (Fsp3) is 0.250. The van der Waals surface area contributed by atoms with Crippen molar-refractivity contribution in [2.24, 2.45) is 7.05 Å². The van der Waals surface area contributed by atoms with Crippen molar-refractivity contribution >= 4 is 23.1 Å². The van der Waals surface area contributed by atoms with Gasteiger partial charge in [0, 0.05) is 12.7 Å². The third-order valence-electron chi connectivity index (χ3n) is 2.79. The number of Topliss-reactive ketones (excluding diaryl/α,β-unsaturated/α-hetero) is 1. The molecule has 2 heterocycles. The third kappa shape index (κ3) is 1.95. The quantitative estimate of drug-likeness (QED) is 0.680. The normalized spacial score (nSPS) is 10.6. The van der Waals surface area contributed by atoms with Gasteiger partial charge in [-0.15, -0.1) is 11.3 Å². The number of hydrogen-bond donors (Lipinski definition) is 1. The maximum Gasteiger partial charge on any atom is 0.378 e. The Balaban J connectivity index is 2.50. The van der Waals surface area contributed by atoms with Crippen molar-refractivity contribution < 1.29 is 14.7 Å². The second kappa shape index (κ2) is 4.38. The van der Waals surface area contributed by atoms with Crippen LogP contribution in [0, 0.1) is 13.8 Å². The van der Waals surface area contributed by atoms with Crippen LogP contribution in [0.4, 0.5) is 0 Å². The minimum Gasteiger partial charge on any atom is -0.475 e. The number of nitrogens with zero attached hydrogens (tertiary/aromatic N) is 2. The Hall–Kier alpha value is -1.95. The lowest BCUT2D eigenvalue weighted by molar-refractivity contribution is -0.131. The van der Waals surface area contributed by atoms with Crippen molar-refractivity contribution in [2.45, 2.75) is 13.8 Å². The van der Waals surface area contributed by atoms with Crippen LogP contribution in [0.5, 0.6) is 0 Å². The zero-order chi connectivity index (χ0) is 13.4. The summed E-state index contributed by atoms with van der Waals surface area (Å²) < 4.78 is 1.95. The van der Waals surface area contributed by atoms with Gasteiger partial charge in [-0.3, -0.25) is 4.79 Å². The Labute approximate surface area is 108 Å². The number of carboxylic acids is 1. The molecule has 0 aromatic carbocycles. The maximum atomic E-state index is 11.5. The Morgan fingerprint density at radius 2 is 2.00 bits per heavy atom. The SMILES string of the molecule is Cc1nc(-c2ccc(C)n2C)sc1C(=O)C(=O)O. The number of ketones is 1. The summed E-state index contributed by atoms with van der Waals surface area (Å²) in [5.41, 5.74) is 2.41. The van der Waals surface area contributed by atoms with Gasteiger partial charge in [0.1, 0.15) is 9.88 Å². The number of aliphatic carboxylic acids is 1. The monoisotopic (exact) mass is 264 g/mol. The first-order valence-corrected chi connectivity index (χ1v) is 6.11. The van der Waals surface area contributed by atoms with Crippen molar-refractivity contribution in [3.63, 3.8) is 0 Å². The number of aromatic nitrogens is 2. The highest BCUT2D eigenvalue weighted by Crippen LogP contribution is 2.29. The molecule has 0 saturated heterocycles. The summed E-state index contributed by atoms with van der Waals surface area (Å²) in [5.74, 6) is -2.35. The zero-order valence-electron chi connectivity index (χ0n) is 10.2. The Morgan fingerprint density at radius 1 is 1.33 bits per heavy atom. The molecule has 0 spiro atoms. The molecule has 0 atom stereocenters. The van der Waals surface area contributed by atoms with Gasteiger partial charge in [0.05, 0.1) is 11.4 Å². The van der Waals surface area contributed by atoms with Gasteiger partial charge in [-0.05, 0) is 26.0 Å². The Morgan fingerprint density at radius 3 is 2.50 bits per heavy atom. The molecule has 1 N–H and O–H groups in total. The average Bonchev–Trinajstić information content (AvgIpc) is 2.83. The van der Waals surface area contributed by atoms with Gasteiger partial charge in [-0.25, -0.2) is 9.78 Å². The van der Waals surface area contributed by atoms with Crippen LogP contribution in [0.15, 0.2) is 12.1 Å². The van der Waals surface area contributed by atoms with Gasteiger partial charge >= 0.3 is 5.97 Å². The lowest BCUT2D eigenvalue weighted by atomic mass is 10.3. The minimum absolute atomic E-state index is 0.191. The second-order valence-electron chi connectivity index (χ2n) is 3.99. The zero-order valence-corrected chi connectivity index (χ0v) is 11.0. The van der Waals surface area contributed by atoms with E-state index in [2.05, 4.69) is 4.98 Å². The molecule has 0 aliphatic carbocycles. The van der Waals surface area contributed by atoms with Crippen molar-refractivity contribution in [3.8, 4) is 10.7 Å². The summed E-state index contributed by atoms with van der Waals surface area (Å²) in [5, 5.41) is 9.38. The van der Waals surface area contributed by atoms with E-state index < -0.39 is 11.8 Å². The van der Waals surface area contributed by atoms with E-state index >= 15 is 0 Å². The lowest BCUT2D eigenvalue weighted by Gasteiger charge is -2.00. The van der Waals surface area contributed by atoms with E-state index in [1.54, 1.807) is 6.92 Å². The van der Waals surface area contributed by atoms with Crippen LogP contribution >= 0.6 is 11.3 Å². The number of carbonyl (C=O) groups excluding carboxylic acids is 1. The number of thiazole rings is 1. The molecule has 0 unspecified atom stereocenters. The Kier molecular flexibility index (Phi) is 3.04. The van der Waals surface area contributed by atoms with Crippen LogP contribution < -0.4 is 0 Å². The molecule has 0 saturated carbocycles. The number of carboxylic acid groups (broad SMARTS) is 1. The molecule has 0 bridgehead atoms. The van der Waals surface area contributed by atoms with E-state index in [1.807, 2.05) is 30.7 Å². The van der Waals surface area contributed by atoms with Crippen LogP contribution in [0.1, 0.15) is 21.1 Å². The highest BCUT2D eigenvalue weighted by Gasteiger charge is 2.22. The fourth-order valence-corrected chi connectivity index (χ4v) is 2.70. The molecule has 0 radical (unpaired) electrons. The van der Waals surface area contributed by atoms with Gasteiger partial charge < -0.3 is 9.67 Å². The lowest BCUT2D eigenvalue weighted by Crippen LogP contribution is -2.12. The smallest absolute Gasteiger partial charge is 0.378 e. The standard InChI is InChI=1S/C12H12N2O3S/c1-6-4-5-8(14(6)3)11-13-7(2)10(18-11)9(15)12(16)17/h4-5H,1-3H3,(H,16,17). The first kappa shape index (κ1) is 12.5. The predicted molar refractivity (Wildman–Crippen MR) is 68.0 cm³/mol. The van der Waals surface area contributed by atoms with Crippen LogP contribution in [0.2, 0.25) is 0 Å². The van der Waals surface area contributed by atoms with Crippen LogP contribution in [-0.2, 0) is 11.8 Å². The summed E-state index contributed by atoms with van der Waals surface area (Å²) in [6.07, 6.45) is 0. The molecule has 5 nitrogen and oxygen atoms in total. The highest BCUT2D eigenvalue weighted by molar-refractivity contribution is 7.17. The van der Waals surface area contributed by atoms with E-state index in [9.17, 15) is 9.59 Å². The Bertz CT molecular complexity index is 640. The van der Waals surface area contributed by atoms with E-state index in [1.165, 1.54) is 0 Å². The largest absolute Gasteiger partial charge is 0.475 e. The summed E-state index contributed by atoms with van der Waals surface area (Å²) in [4.78, 5) is 26.6. The van der Waals surface area contributed by atoms with Gasteiger partial charge in [-0.1, -0.05) is 0 Å². The molecule has 6 heteroatoms. The summed E-state index contributed by atoms with van der Waals surface area (Å²) >= 11 is 1.11. The van der Waals surface area contributed by atoms with E-state index in [-0.39, 0.29) is 4.88 Å². The molecule has 0 amide bonds. The molecular formula is C12H12N2O3S. The van der Waals surface area contributed by atoms with Crippen molar-refractivity contribution in [3.05, 3.63) is 28.4 Å². The fourth-order valence-electron chi connectivity index (χ4n) is 1.64. The predicted octanol–water partition coefficient (Wildman–Crippen LogP) is 2.03. The number of carbonyl (C=O) groups is 2. The highest BCUT2D eigenvalue weighted by atomic mass is 32.1. The number of aryl methyl sites for hydroxylation is 2. The maximum absolute atomic E-state index is 11.5. The van der Waals surface area contributed by atoms with Gasteiger partial charge in [0.15, 0.2) is 0 Å². The summed E-state index contributed by atoms with van der Waals surface area (Å²) in [6.45, 7) is 3.61. The second-order valence-corrected chi connectivity index (χ2v) is 4.99. The first-order valence-electron chi connectivity index (χ1n) is 5.29. The van der Waals surface area contributed by atoms with Gasteiger partial charge in [0.25, 0.3) is 5.78 Å². The molecule has 2 aromatic rings. The molecule has 18 heavy (non-hydrogen) atoms. The molecule has 94 valence electrons. The molecule has 0 aliphatic rings. The molecule has 0 aliphatic heterocycles. The average molecular weight is 264 g/mol. The topological polar surface area (TPSA) is 72.2 Å². The van der Waals surface area contributed by atoms with Crippen LogP contribution in [-0.4, -0.2) is 26.4 Å². The summed E-state index contributed by atoms with van der Waals surface area (Å²) in [7, 11) is 1.90. The van der Waals surface area contributed by atoms with Crippen LogP contribution in [0.3, 0.4) is 0 Å².